The van der Waals surface area contributed by atoms with Crippen molar-refractivity contribution in [2.45, 2.75) is 5.03 Å². The number of pyridine rings is 1. The lowest BCUT2D eigenvalue weighted by atomic mass is 10.1. The molecule has 0 aliphatic heterocycles. The number of nitrogens with zero attached hydrogens (tertiary/aromatic N) is 3. The minimum atomic E-state index is -3.43. The lowest BCUT2D eigenvalue weighted by Gasteiger charge is -2.10. The molecule has 0 saturated carbocycles. The molecule has 0 spiro atoms. The van der Waals surface area contributed by atoms with Crippen LogP contribution in [0.15, 0.2) is 47.9 Å². The average molecular weight is 370 g/mol. The molecule has 0 unspecified atom stereocenters. The van der Waals surface area contributed by atoms with Crippen LogP contribution in [0.5, 0.6) is 0 Å². The normalized spacial score (nSPS) is 11.7. The molecule has 0 atom stereocenters. The van der Waals surface area contributed by atoms with Crippen molar-refractivity contribution in [3.63, 3.8) is 0 Å². The Balaban J connectivity index is 2.14. The summed E-state index contributed by atoms with van der Waals surface area (Å²) in [6.07, 6.45) is 3.69. The Kier molecular flexibility index (Phi) is 4.10. The number of aromatic nitrogens is 3. The Labute approximate surface area is 141 Å². The Morgan fingerprint density at radius 3 is 2.46 bits per heavy atom. The Morgan fingerprint density at radius 2 is 1.88 bits per heavy atom. The summed E-state index contributed by atoms with van der Waals surface area (Å²) >= 11 is 6.04. The number of imidazole rings is 1. The van der Waals surface area contributed by atoms with Gasteiger partial charge in [0, 0.05) is 17.9 Å². The predicted octanol–water partition coefficient (Wildman–Crippen LogP) is 3.27. The second-order valence-corrected chi connectivity index (χ2v) is 7.33. The Hall–Kier alpha value is -2.32. The number of sulfone groups is 1. The fourth-order valence-corrected chi connectivity index (χ4v) is 2.98. The molecule has 124 valence electrons. The molecule has 9 heteroatoms. The zero-order valence-corrected chi connectivity index (χ0v) is 13.8. The first kappa shape index (κ1) is 16.5. The van der Waals surface area contributed by atoms with Gasteiger partial charge in [0.2, 0.25) is 0 Å². The first-order chi connectivity index (χ1) is 11.3. The SMILES string of the molecule is CS(=O)(=O)c1ccc(-n2cnc(Cl)c2-c2ccc(F)cc2F)cn1. The van der Waals surface area contributed by atoms with Gasteiger partial charge in [-0.15, -0.1) is 0 Å². The van der Waals surface area contributed by atoms with Gasteiger partial charge in [-0.2, -0.15) is 0 Å². The van der Waals surface area contributed by atoms with E-state index < -0.39 is 21.5 Å². The van der Waals surface area contributed by atoms with Gasteiger partial charge in [-0.1, -0.05) is 11.6 Å². The van der Waals surface area contributed by atoms with Crippen molar-refractivity contribution in [2.24, 2.45) is 0 Å². The summed E-state index contributed by atoms with van der Waals surface area (Å²) in [4.78, 5) is 7.80. The average Bonchev–Trinajstić information content (AvgIpc) is 2.88. The van der Waals surface area contributed by atoms with Crippen LogP contribution in [0.4, 0.5) is 8.78 Å². The lowest BCUT2D eigenvalue weighted by Crippen LogP contribution is -2.03. The number of rotatable bonds is 3. The fraction of sp³-hybridized carbons (Fsp3) is 0.0667. The van der Waals surface area contributed by atoms with Crippen molar-refractivity contribution in [3.05, 3.63) is 59.6 Å². The molecule has 0 aliphatic carbocycles. The van der Waals surface area contributed by atoms with Crippen molar-refractivity contribution < 1.29 is 17.2 Å². The predicted molar refractivity (Wildman–Crippen MR) is 84.8 cm³/mol. The lowest BCUT2D eigenvalue weighted by molar-refractivity contribution is 0.585. The van der Waals surface area contributed by atoms with Crippen LogP contribution in [0.25, 0.3) is 16.9 Å². The van der Waals surface area contributed by atoms with Crippen molar-refractivity contribution in [2.75, 3.05) is 6.26 Å². The van der Waals surface area contributed by atoms with Crippen LogP contribution < -0.4 is 0 Å². The molecule has 0 amide bonds. The molecule has 3 rings (SSSR count). The highest BCUT2D eigenvalue weighted by Crippen LogP contribution is 2.31. The summed E-state index contributed by atoms with van der Waals surface area (Å²) in [5, 5.41) is -0.0697. The zero-order valence-electron chi connectivity index (χ0n) is 12.2. The summed E-state index contributed by atoms with van der Waals surface area (Å²) in [6.45, 7) is 0. The van der Waals surface area contributed by atoms with Crippen LogP contribution in [0.1, 0.15) is 0 Å². The van der Waals surface area contributed by atoms with Gasteiger partial charge in [0.1, 0.15) is 18.0 Å². The Bertz CT molecular complexity index is 1020. The van der Waals surface area contributed by atoms with Crippen LogP contribution >= 0.6 is 11.6 Å². The molecule has 0 N–H and O–H groups in total. The molecule has 2 heterocycles. The minimum Gasteiger partial charge on any atom is -0.296 e. The van der Waals surface area contributed by atoms with Gasteiger partial charge in [0.25, 0.3) is 0 Å². The second kappa shape index (κ2) is 5.95. The van der Waals surface area contributed by atoms with E-state index in [1.54, 1.807) is 0 Å². The number of benzene rings is 1. The van der Waals surface area contributed by atoms with Crippen LogP contribution in [0.2, 0.25) is 5.15 Å². The van der Waals surface area contributed by atoms with E-state index in [9.17, 15) is 17.2 Å². The van der Waals surface area contributed by atoms with Crippen molar-refractivity contribution in [1.82, 2.24) is 14.5 Å². The highest BCUT2D eigenvalue weighted by molar-refractivity contribution is 7.90. The summed E-state index contributed by atoms with van der Waals surface area (Å²) < 4.78 is 51.5. The molecule has 1 aromatic carbocycles. The third-order valence-corrected chi connectivity index (χ3v) is 4.57. The van der Waals surface area contributed by atoms with Gasteiger partial charge < -0.3 is 0 Å². The van der Waals surface area contributed by atoms with Crippen LogP contribution in [-0.2, 0) is 9.84 Å². The molecule has 3 aromatic rings. The van der Waals surface area contributed by atoms with Crippen molar-refractivity contribution in [3.8, 4) is 16.9 Å². The van der Waals surface area contributed by atoms with E-state index in [2.05, 4.69) is 9.97 Å². The van der Waals surface area contributed by atoms with Gasteiger partial charge in [0.15, 0.2) is 20.0 Å². The van der Waals surface area contributed by atoms with Crippen LogP contribution in [0, 0.1) is 11.6 Å². The number of hydrogen-bond acceptors (Lipinski definition) is 4. The van der Waals surface area contributed by atoms with Crippen LogP contribution in [0.3, 0.4) is 0 Å². The molecule has 0 saturated heterocycles. The smallest absolute Gasteiger partial charge is 0.192 e. The standard InChI is InChI=1S/C15H10ClF2N3O2S/c1-24(22,23)13-5-3-10(7-19-13)21-8-20-15(16)14(21)11-4-2-9(17)6-12(11)18/h2-8H,1H3. The van der Waals surface area contributed by atoms with E-state index >= 15 is 0 Å². The summed E-state index contributed by atoms with van der Waals surface area (Å²) in [5.74, 6) is -1.50. The van der Waals surface area contributed by atoms with E-state index in [-0.39, 0.29) is 21.4 Å². The van der Waals surface area contributed by atoms with Crippen molar-refractivity contribution in [1.29, 1.82) is 0 Å². The number of hydrogen-bond donors (Lipinski definition) is 0. The fourth-order valence-electron chi connectivity index (χ4n) is 2.18. The van der Waals surface area contributed by atoms with Gasteiger partial charge in [-0.05, 0) is 24.3 Å². The maximum Gasteiger partial charge on any atom is 0.192 e. The van der Waals surface area contributed by atoms with Gasteiger partial charge >= 0.3 is 0 Å². The third kappa shape index (κ3) is 3.02. The zero-order chi connectivity index (χ0) is 17.5. The molecule has 24 heavy (non-hydrogen) atoms. The minimum absolute atomic E-state index is 0.0210. The second-order valence-electron chi connectivity index (χ2n) is 5.00. The molecule has 0 bridgehead atoms. The molecule has 5 nitrogen and oxygen atoms in total. The highest BCUT2D eigenvalue weighted by Gasteiger charge is 2.18. The monoisotopic (exact) mass is 369 g/mol. The van der Waals surface area contributed by atoms with Gasteiger partial charge in [-0.25, -0.2) is 27.2 Å². The first-order valence-electron chi connectivity index (χ1n) is 6.62. The summed E-state index contributed by atoms with van der Waals surface area (Å²) in [7, 11) is -3.43. The quantitative estimate of drug-likeness (QED) is 0.710. The van der Waals surface area contributed by atoms with Gasteiger partial charge in [0.05, 0.1) is 17.6 Å². The van der Waals surface area contributed by atoms with E-state index in [1.807, 2.05) is 0 Å². The molecule has 0 radical (unpaired) electrons. The molecule has 0 aliphatic rings. The maximum absolute atomic E-state index is 14.1. The summed E-state index contributed by atoms with van der Waals surface area (Å²) in [5.41, 5.74) is 0.703. The molecule has 2 aromatic heterocycles. The number of halogens is 3. The maximum atomic E-state index is 14.1. The molecule has 0 fully saturated rings. The van der Waals surface area contributed by atoms with E-state index in [0.717, 1.165) is 18.4 Å². The summed E-state index contributed by atoms with van der Waals surface area (Å²) in [6, 6.07) is 5.92. The van der Waals surface area contributed by atoms with E-state index in [4.69, 9.17) is 11.6 Å². The van der Waals surface area contributed by atoms with Crippen molar-refractivity contribution >= 4 is 21.4 Å². The highest BCUT2D eigenvalue weighted by atomic mass is 35.5. The van der Waals surface area contributed by atoms with E-state index in [0.29, 0.717) is 5.69 Å². The molecular formula is C15H10ClF2N3O2S. The Morgan fingerprint density at radius 1 is 1.12 bits per heavy atom. The third-order valence-electron chi connectivity index (χ3n) is 3.29. The molecular weight excluding hydrogens is 360 g/mol. The van der Waals surface area contributed by atoms with E-state index in [1.165, 1.54) is 35.3 Å². The topological polar surface area (TPSA) is 64.8 Å². The van der Waals surface area contributed by atoms with Gasteiger partial charge in [-0.3, -0.25) is 4.57 Å². The van der Waals surface area contributed by atoms with Crippen LogP contribution in [-0.4, -0.2) is 29.2 Å². The largest absolute Gasteiger partial charge is 0.296 e. The first-order valence-corrected chi connectivity index (χ1v) is 8.89.